The molecule has 0 bridgehead atoms. The third kappa shape index (κ3) is 3.42. The summed E-state index contributed by atoms with van der Waals surface area (Å²) in [6.07, 6.45) is 8.39. The topological polar surface area (TPSA) is 41.5 Å². The molecule has 91 valence electrons. The molecule has 0 unspecified atom stereocenters. The number of hydrogen-bond donors (Lipinski definition) is 1. The molecule has 18 heavy (non-hydrogen) atoms. The summed E-state index contributed by atoms with van der Waals surface area (Å²) in [5, 5.41) is 2.59. The first kappa shape index (κ1) is 12.8. The molecule has 0 aliphatic heterocycles. The Bertz CT molecular complexity index is 517. The Balaban J connectivity index is 2.10. The average molecular weight is 304 g/mol. The molecule has 1 aliphatic carbocycles. The van der Waals surface area contributed by atoms with Gasteiger partial charge in [0, 0.05) is 0 Å². The van der Waals surface area contributed by atoms with Crippen molar-refractivity contribution in [2.75, 3.05) is 0 Å². The second-order valence-corrected chi connectivity index (χ2v) is 4.80. The van der Waals surface area contributed by atoms with Crippen molar-refractivity contribution in [3.05, 3.63) is 54.1 Å². The fraction of sp³-hybridized carbons (Fsp3) is 0.143. The number of nitrogens with zero attached hydrogens (tertiary/aromatic N) is 1. The van der Waals surface area contributed by atoms with Crippen molar-refractivity contribution in [3.8, 4) is 0 Å². The van der Waals surface area contributed by atoms with Gasteiger partial charge in [-0.1, -0.05) is 0 Å². The third-order valence-corrected chi connectivity index (χ3v) is 2.95. The van der Waals surface area contributed by atoms with Crippen LogP contribution in [0.25, 0.3) is 0 Å². The van der Waals surface area contributed by atoms with Crippen LogP contribution in [-0.2, 0) is 4.79 Å². The van der Waals surface area contributed by atoms with E-state index in [0.717, 1.165) is 5.69 Å². The third-order valence-electron chi connectivity index (χ3n) is 2.54. The van der Waals surface area contributed by atoms with Gasteiger partial charge in [0.1, 0.15) is 0 Å². The number of allylic oxidation sites excluding steroid dienone is 4. The molecule has 1 aromatic carbocycles. The van der Waals surface area contributed by atoms with Gasteiger partial charge in [-0.15, -0.1) is 0 Å². The second-order valence-electron chi connectivity index (χ2n) is 3.99. The number of carbonyl (C=O) groups is 1. The molecule has 0 spiro atoms. The van der Waals surface area contributed by atoms with Gasteiger partial charge in [0.25, 0.3) is 0 Å². The van der Waals surface area contributed by atoms with E-state index < -0.39 is 0 Å². The van der Waals surface area contributed by atoms with Gasteiger partial charge in [0.2, 0.25) is 0 Å². The van der Waals surface area contributed by atoms with E-state index in [9.17, 15) is 4.79 Å². The quantitative estimate of drug-likeness (QED) is 0.508. The first-order chi connectivity index (χ1) is 8.65. The van der Waals surface area contributed by atoms with E-state index >= 15 is 0 Å². The molecule has 3 nitrogen and oxygen atoms in total. The number of nitrogens with one attached hydrogen (secondary N) is 1. The van der Waals surface area contributed by atoms with Crippen LogP contribution >= 0.6 is 0 Å². The van der Waals surface area contributed by atoms with E-state index in [0.29, 0.717) is 10.7 Å². The summed E-state index contributed by atoms with van der Waals surface area (Å²) in [7, 11) is 0. The molecule has 0 saturated carbocycles. The number of aliphatic imine (C=N–C) groups is 1. The molecule has 4 heteroatoms. The fourth-order valence-corrected chi connectivity index (χ4v) is 2.24. The Morgan fingerprint density at radius 2 is 1.83 bits per heavy atom. The molecule has 0 heterocycles. The van der Waals surface area contributed by atoms with Crippen molar-refractivity contribution in [2.45, 2.75) is 12.8 Å². The van der Waals surface area contributed by atoms with Crippen LogP contribution in [0.4, 0.5) is 5.69 Å². The summed E-state index contributed by atoms with van der Waals surface area (Å²) in [5.74, 6) is 0.233. The Morgan fingerprint density at radius 3 is 2.39 bits per heavy atom. The first-order valence-corrected chi connectivity index (χ1v) is 6.49. The number of hydrogen-bond acceptors (Lipinski definition) is 2. The van der Waals surface area contributed by atoms with E-state index in [-0.39, 0.29) is 5.91 Å². The SMILES string of the molecule is CC(=O)NC([Se])=Nc1ccc(C2C=CC=C2)cc1. The van der Waals surface area contributed by atoms with Crippen LogP contribution in [0.2, 0.25) is 0 Å². The van der Waals surface area contributed by atoms with E-state index in [4.69, 9.17) is 0 Å². The van der Waals surface area contributed by atoms with Gasteiger partial charge >= 0.3 is 114 Å². The van der Waals surface area contributed by atoms with E-state index in [2.05, 4.69) is 38.5 Å². The molecule has 1 N–H and O–H groups in total. The van der Waals surface area contributed by atoms with Gasteiger partial charge in [-0.25, -0.2) is 0 Å². The Morgan fingerprint density at radius 1 is 1.22 bits per heavy atom. The minimum atomic E-state index is -0.134. The standard InChI is InChI=1S/C14H13N2OSe/c1-10(17)15-14(18)16-13-8-6-12(7-9-13)11-4-2-3-5-11/h2-9,11H,1H3,(H,15,16,17). The van der Waals surface area contributed by atoms with Crippen molar-refractivity contribution < 1.29 is 4.79 Å². The second kappa shape index (κ2) is 5.80. The first-order valence-electron chi connectivity index (χ1n) is 5.63. The zero-order valence-electron chi connectivity index (χ0n) is 9.96. The number of rotatable bonds is 2. The zero-order valence-corrected chi connectivity index (χ0v) is 11.7. The molecule has 1 amide bonds. The maximum absolute atomic E-state index is 10.8. The molecule has 0 aromatic heterocycles. The van der Waals surface area contributed by atoms with Crippen molar-refractivity contribution in [3.63, 3.8) is 0 Å². The van der Waals surface area contributed by atoms with Gasteiger partial charge < -0.3 is 0 Å². The van der Waals surface area contributed by atoms with Crippen LogP contribution in [0.15, 0.2) is 53.6 Å². The van der Waals surface area contributed by atoms with Crippen LogP contribution in [0.3, 0.4) is 0 Å². The molecular weight excluding hydrogens is 291 g/mol. The van der Waals surface area contributed by atoms with Gasteiger partial charge in [0.15, 0.2) is 0 Å². The molecule has 0 fully saturated rings. The maximum atomic E-state index is 10.8. The van der Waals surface area contributed by atoms with Gasteiger partial charge in [-0.2, -0.15) is 0 Å². The molecule has 1 aliphatic rings. The van der Waals surface area contributed by atoms with E-state index in [1.54, 1.807) is 0 Å². The molecule has 0 atom stereocenters. The average Bonchev–Trinajstić information content (AvgIpc) is 2.82. The van der Waals surface area contributed by atoms with Crippen LogP contribution in [0, 0.1) is 0 Å². The number of benzene rings is 1. The van der Waals surface area contributed by atoms with Crippen molar-refractivity contribution >= 4 is 32.3 Å². The Labute approximate surface area is 115 Å². The molecule has 0 saturated heterocycles. The minimum absolute atomic E-state index is 0.134. The van der Waals surface area contributed by atoms with Crippen LogP contribution < -0.4 is 5.32 Å². The number of amides is 1. The predicted octanol–water partition coefficient (Wildman–Crippen LogP) is 2.19. The Kier molecular flexibility index (Phi) is 4.13. The summed E-state index contributed by atoms with van der Waals surface area (Å²) in [4.78, 5) is 15.1. The molecule has 1 aromatic rings. The summed E-state index contributed by atoms with van der Waals surface area (Å²) < 4.78 is 0.482. The fourth-order valence-electron chi connectivity index (χ4n) is 1.72. The van der Waals surface area contributed by atoms with Gasteiger partial charge in [-0.3, -0.25) is 0 Å². The van der Waals surface area contributed by atoms with Crippen molar-refractivity contribution in [1.82, 2.24) is 5.32 Å². The number of amidine groups is 1. The predicted molar refractivity (Wildman–Crippen MR) is 74.1 cm³/mol. The Hall–Kier alpha value is -1.64. The normalized spacial score (nSPS) is 15.1. The van der Waals surface area contributed by atoms with Crippen LogP contribution in [0.1, 0.15) is 18.4 Å². The summed E-state index contributed by atoms with van der Waals surface area (Å²) in [6, 6.07) is 7.97. The van der Waals surface area contributed by atoms with E-state index in [1.165, 1.54) is 12.5 Å². The molecule has 2 rings (SSSR count). The van der Waals surface area contributed by atoms with Gasteiger partial charge in [-0.05, 0) is 0 Å². The van der Waals surface area contributed by atoms with Crippen LogP contribution in [0.5, 0.6) is 0 Å². The van der Waals surface area contributed by atoms with Gasteiger partial charge in [0.05, 0.1) is 0 Å². The summed E-state index contributed by atoms with van der Waals surface area (Å²) in [5.41, 5.74) is 2.05. The van der Waals surface area contributed by atoms with Crippen molar-refractivity contribution in [2.24, 2.45) is 4.99 Å². The van der Waals surface area contributed by atoms with Crippen LogP contribution in [-0.4, -0.2) is 26.7 Å². The zero-order chi connectivity index (χ0) is 13.0. The monoisotopic (exact) mass is 305 g/mol. The molecule has 1 radical (unpaired) electrons. The molecular formula is C14H13N2OSe. The van der Waals surface area contributed by atoms with Crippen molar-refractivity contribution in [1.29, 1.82) is 0 Å². The number of carbonyl (C=O) groups excluding carboxylic acids is 1. The summed E-state index contributed by atoms with van der Waals surface area (Å²) in [6.45, 7) is 1.45. The summed E-state index contributed by atoms with van der Waals surface area (Å²) >= 11 is 2.72. The van der Waals surface area contributed by atoms with E-state index in [1.807, 2.05) is 36.4 Å².